The van der Waals surface area contributed by atoms with Gasteiger partial charge in [-0.25, -0.2) is 9.97 Å². The van der Waals surface area contributed by atoms with Gasteiger partial charge >= 0.3 is 0 Å². The third kappa shape index (κ3) is 1.78. The molecule has 0 radical (unpaired) electrons. The van der Waals surface area contributed by atoms with Crippen LogP contribution in [0.15, 0.2) is 48.8 Å². The quantitative estimate of drug-likeness (QED) is 0.743. The predicted molar refractivity (Wildman–Crippen MR) is 72.3 cm³/mol. The maximum Gasteiger partial charge on any atom is 0.222 e. The zero-order valence-corrected chi connectivity index (χ0v) is 9.96. The van der Waals surface area contributed by atoms with Crippen LogP contribution < -0.4 is 5.32 Å². The number of para-hydroxylation sites is 1. The number of nitrogens with one attached hydrogen (secondary N) is 1. The van der Waals surface area contributed by atoms with Crippen molar-refractivity contribution in [2.24, 2.45) is 0 Å². The monoisotopic (exact) mass is 236 g/mol. The van der Waals surface area contributed by atoms with Crippen molar-refractivity contribution in [2.75, 3.05) is 12.4 Å². The first kappa shape index (κ1) is 10.7. The second-order valence-electron chi connectivity index (χ2n) is 3.90. The zero-order chi connectivity index (χ0) is 12.4. The van der Waals surface area contributed by atoms with Crippen LogP contribution in [0.1, 0.15) is 0 Å². The van der Waals surface area contributed by atoms with Crippen LogP contribution in [-0.2, 0) is 0 Å². The molecule has 4 heteroatoms. The van der Waals surface area contributed by atoms with Gasteiger partial charge in [0.15, 0.2) is 0 Å². The highest BCUT2D eigenvalue weighted by atomic mass is 15.1. The van der Waals surface area contributed by atoms with E-state index in [1.165, 1.54) is 0 Å². The minimum atomic E-state index is 0.612. The summed E-state index contributed by atoms with van der Waals surface area (Å²) in [5.41, 5.74) is 2.85. The van der Waals surface area contributed by atoms with E-state index in [4.69, 9.17) is 0 Å². The fourth-order valence-corrected chi connectivity index (χ4v) is 1.94. The number of hydrogen-bond donors (Lipinski definition) is 1. The van der Waals surface area contributed by atoms with Crippen LogP contribution in [0.5, 0.6) is 0 Å². The third-order valence-corrected chi connectivity index (χ3v) is 2.79. The molecule has 1 N–H and O–H groups in total. The molecule has 0 bridgehead atoms. The molecule has 0 saturated carbocycles. The summed E-state index contributed by atoms with van der Waals surface area (Å²) >= 11 is 0. The summed E-state index contributed by atoms with van der Waals surface area (Å²) in [6, 6.07) is 12.0. The summed E-state index contributed by atoms with van der Waals surface area (Å²) in [5.74, 6) is 0.612. The van der Waals surface area contributed by atoms with Crippen LogP contribution in [0.4, 0.5) is 5.95 Å². The van der Waals surface area contributed by atoms with Gasteiger partial charge in [-0.05, 0) is 12.1 Å². The maximum absolute atomic E-state index is 4.45. The Morgan fingerprint density at radius 2 is 1.83 bits per heavy atom. The van der Waals surface area contributed by atoms with E-state index < -0.39 is 0 Å². The largest absolute Gasteiger partial charge is 0.357 e. The van der Waals surface area contributed by atoms with E-state index in [1.54, 1.807) is 19.4 Å². The summed E-state index contributed by atoms with van der Waals surface area (Å²) < 4.78 is 0. The molecule has 0 atom stereocenters. The molecule has 2 aromatic heterocycles. The molecule has 3 rings (SSSR count). The Morgan fingerprint density at radius 3 is 2.72 bits per heavy atom. The second kappa shape index (κ2) is 4.41. The lowest BCUT2D eigenvalue weighted by atomic mass is 10.1. The van der Waals surface area contributed by atoms with E-state index >= 15 is 0 Å². The molecule has 88 valence electrons. The Labute approximate surface area is 105 Å². The highest BCUT2D eigenvalue weighted by molar-refractivity contribution is 5.92. The van der Waals surface area contributed by atoms with Crippen LogP contribution in [0.3, 0.4) is 0 Å². The summed E-state index contributed by atoms with van der Waals surface area (Å²) in [4.78, 5) is 13.0. The van der Waals surface area contributed by atoms with E-state index in [-0.39, 0.29) is 0 Å². The predicted octanol–water partition coefficient (Wildman–Crippen LogP) is 2.73. The number of rotatable bonds is 2. The minimum absolute atomic E-state index is 0.612. The number of aromatic nitrogens is 3. The summed E-state index contributed by atoms with van der Waals surface area (Å²) in [5, 5.41) is 4.05. The second-order valence-corrected chi connectivity index (χ2v) is 3.90. The number of benzene rings is 1. The Morgan fingerprint density at radius 1 is 0.944 bits per heavy atom. The van der Waals surface area contributed by atoms with E-state index in [0.29, 0.717) is 5.95 Å². The summed E-state index contributed by atoms with van der Waals surface area (Å²) in [6.07, 6.45) is 3.54. The van der Waals surface area contributed by atoms with Gasteiger partial charge in [-0.15, -0.1) is 0 Å². The Bertz CT molecular complexity index is 689. The average molecular weight is 236 g/mol. The molecule has 4 nitrogen and oxygen atoms in total. The SMILES string of the molecule is CNc1nccc(-c2cccc3cccnc23)n1. The van der Waals surface area contributed by atoms with E-state index in [9.17, 15) is 0 Å². The topological polar surface area (TPSA) is 50.7 Å². The van der Waals surface area contributed by atoms with Crippen LogP contribution in [0.25, 0.3) is 22.2 Å². The normalized spacial score (nSPS) is 10.5. The molecular weight excluding hydrogens is 224 g/mol. The van der Waals surface area contributed by atoms with Crippen molar-refractivity contribution in [3.05, 3.63) is 48.8 Å². The lowest BCUT2D eigenvalue weighted by Crippen LogP contribution is -1.97. The van der Waals surface area contributed by atoms with Crippen LogP contribution in [0.2, 0.25) is 0 Å². The Kier molecular flexibility index (Phi) is 2.61. The van der Waals surface area contributed by atoms with Crippen molar-refractivity contribution < 1.29 is 0 Å². The lowest BCUT2D eigenvalue weighted by molar-refractivity contribution is 1.15. The molecule has 1 aromatic carbocycles. The molecule has 0 unspecified atom stereocenters. The van der Waals surface area contributed by atoms with Crippen molar-refractivity contribution in [2.45, 2.75) is 0 Å². The molecule has 0 amide bonds. The zero-order valence-electron chi connectivity index (χ0n) is 9.96. The molecule has 0 spiro atoms. The molecular formula is C14H12N4. The van der Waals surface area contributed by atoms with Crippen molar-refractivity contribution in [3.63, 3.8) is 0 Å². The van der Waals surface area contributed by atoms with E-state index in [2.05, 4.69) is 20.3 Å². The third-order valence-electron chi connectivity index (χ3n) is 2.79. The molecule has 0 saturated heterocycles. The van der Waals surface area contributed by atoms with Crippen molar-refractivity contribution in [1.82, 2.24) is 15.0 Å². The molecule has 18 heavy (non-hydrogen) atoms. The van der Waals surface area contributed by atoms with Crippen molar-refractivity contribution >= 4 is 16.9 Å². The van der Waals surface area contributed by atoms with E-state index in [1.807, 2.05) is 36.4 Å². The van der Waals surface area contributed by atoms with Gasteiger partial charge in [0.2, 0.25) is 5.95 Å². The fraction of sp³-hybridized carbons (Fsp3) is 0.0714. The minimum Gasteiger partial charge on any atom is -0.357 e. The summed E-state index contributed by atoms with van der Waals surface area (Å²) in [6.45, 7) is 0. The van der Waals surface area contributed by atoms with Crippen LogP contribution in [0, 0.1) is 0 Å². The molecule has 3 aromatic rings. The molecule has 0 aliphatic carbocycles. The fourth-order valence-electron chi connectivity index (χ4n) is 1.94. The first-order chi connectivity index (χ1) is 8.88. The number of fused-ring (bicyclic) bond motifs is 1. The molecule has 0 aliphatic rings. The highest BCUT2D eigenvalue weighted by Crippen LogP contribution is 2.25. The van der Waals surface area contributed by atoms with Gasteiger partial charge in [-0.1, -0.05) is 24.3 Å². The van der Waals surface area contributed by atoms with Gasteiger partial charge in [-0.2, -0.15) is 0 Å². The van der Waals surface area contributed by atoms with Crippen LogP contribution >= 0.6 is 0 Å². The Hall–Kier alpha value is -2.49. The molecule has 0 fully saturated rings. The van der Waals surface area contributed by atoms with Gasteiger partial charge in [0.1, 0.15) is 0 Å². The first-order valence-electron chi connectivity index (χ1n) is 5.73. The number of hydrogen-bond acceptors (Lipinski definition) is 4. The lowest BCUT2D eigenvalue weighted by Gasteiger charge is -2.06. The first-order valence-corrected chi connectivity index (χ1v) is 5.73. The van der Waals surface area contributed by atoms with E-state index in [0.717, 1.165) is 22.2 Å². The smallest absolute Gasteiger partial charge is 0.222 e. The number of nitrogens with zero attached hydrogens (tertiary/aromatic N) is 3. The number of anilines is 1. The highest BCUT2D eigenvalue weighted by Gasteiger charge is 2.06. The van der Waals surface area contributed by atoms with Crippen molar-refractivity contribution in [3.8, 4) is 11.3 Å². The average Bonchev–Trinajstić information content (AvgIpc) is 2.47. The van der Waals surface area contributed by atoms with Gasteiger partial charge in [-0.3, -0.25) is 4.98 Å². The van der Waals surface area contributed by atoms with Gasteiger partial charge in [0, 0.05) is 30.4 Å². The van der Waals surface area contributed by atoms with Crippen LogP contribution in [-0.4, -0.2) is 22.0 Å². The molecule has 2 heterocycles. The van der Waals surface area contributed by atoms with Gasteiger partial charge < -0.3 is 5.32 Å². The molecule has 0 aliphatic heterocycles. The standard InChI is InChI=1S/C14H12N4/c1-15-14-17-9-7-12(18-14)11-6-2-4-10-5-3-8-16-13(10)11/h2-9H,1H3,(H,15,17,18). The summed E-state index contributed by atoms with van der Waals surface area (Å²) in [7, 11) is 1.81. The van der Waals surface area contributed by atoms with Crippen molar-refractivity contribution in [1.29, 1.82) is 0 Å². The maximum atomic E-state index is 4.45. The Balaban J connectivity index is 2.24. The van der Waals surface area contributed by atoms with Gasteiger partial charge in [0.05, 0.1) is 11.2 Å². The van der Waals surface area contributed by atoms with Gasteiger partial charge in [0.25, 0.3) is 0 Å². The number of pyridine rings is 1.